The van der Waals surface area contributed by atoms with Crippen LogP contribution in [0.4, 0.5) is 0 Å². The average molecular weight is 399 g/mol. The molecule has 1 unspecified atom stereocenters. The Kier molecular flexibility index (Phi) is 6.65. The monoisotopic (exact) mass is 397 g/mol. The van der Waals surface area contributed by atoms with E-state index in [9.17, 15) is 13.2 Å². The minimum absolute atomic E-state index is 0.0823. The van der Waals surface area contributed by atoms with Crippen molar-refractivity contribution in [3.05, 3.63) is 27.7 Å². The molecule has 1 N–H and O–H groups in total. The van der Waals surface area contributed by atoms with E-state index >= 15 is 0 Å². The van der Waals surface area contributed by atoms with Crippen molar-refractivity contribution in [3.8, 4) is 0 Å². The third kappa shape index (κ3) is 5.25. The number of halogens is 2. The molecule has 8 heteroatoms. The molecule has 0 saturated carbocycles. The van der Waals surface area contributed by atoms with Crippen molar-refractivity contribution >= 4 is 41.6 Å². The van der Waals surface area contributed by atoms with E-state index in [0.717, 1.165) is 0 Å². The highest BCUT2D eigenvalue weighted by molar-refractivity contribution is 9.10. The molecule has 0 fully saturated rings. The van der Waals surface area contributed by atoms with Crippen LogP contribution in [0.3, 0.4) is 0 Å². The van der Waals surface area contributed by atoms with E-state index in [4.69, 9.17) is 15.4 Å². The van der Waals surface area contributed by atoms with Crippen LogP contribution < -0.4 is 5.32 Å². The maximum absolute atomic E-state index is 12.1. The fourth-order valence-corrected chi connectivity index (χ4v) is 3.50. The Balaban J connectivity index is 3.04. The first-order chi connectivity index (χ1) is 9.66. The van der Waals surface area contributed by atoms with Crippen LogP contribution in [0.1, 0.15) is 29.8 Å². The summed E-state index contributed by atoms with van der Waals surface area (Å²) in [6.45, 7) is 6.22. The first-order valence-electron chi connectivity index (χ1n) is 6.30. The topological polar surface area (TPSA) is 72.5 Å². The molecule has 0 heterocycles. The van der Waals surface area contributed by atoms with Gasteiger partial charge >= 0.3 is 0 Å². The van der Waals surface area contributed by atoms with Gasteiger partial charge in [0.05, 0.1) is 11.5 Å². The fourth-order valence-electron chi connectivity index (χ4n) is 1.68. The van der Waals surface area contributed by atoms with E-state index < -0.39 is 9.05 Å². The minimum Gasteiger partial charge on any atom is -0.380 e. The van der Waals surface area contributed by atoms with Gasteiger partial charge in [0.1, 0.15) is 0 Å². The van der Waals surface area contributed by atoms with Crippen molar-refractivity contribution in [1.29, 1.82) is 0 Å². The number of benzene rings is 1. The molecule has 5 nitrogen and oxygen atoms in total. The van der Waals surface area contributed by atoms with Crippen LogP contribution in [-0.4, -0.2) is 33.6 Å². The van der Waals surface area contributed by atoms with E-state index in [1.807, 2.05) is 6.92 Å². The van der Waals surface area contributed by atoms with Crippen LogP contribution in [0.5, 0.6) is 0 Å². The molecule has 0 bridgehead atoms. The van der Waals surface area contributed by atoms with Crippen molar-refractivity contribution in [1.82, 2.24) is 5.32 Å². The fraction of sp³-hybridized carbons (Fsp3) is 0.462. The molecule has 1 aromatic rings. The van der Waals surface area contributed by atoms with Crippen molar-refractivity contribution < 1.29 is 17.9 Å². The lowest BCUT2D eigenvalue weighted by Crippen LogP contribution is -2.36. The molecule has 0 aliphatic rings. The van der Waals surface area contributed by atoms with Gasteiger partial charge in [-0.1, -0.05) is 15.9 Å². The molecule has 0 aromatic heterocycles. The predicted octanol–water partition coefficient (Wildman–Crippen LogP) is 2.84. The maximum atomic E-state index is 12.1. The van der Waals surface area contributed by atoms with Gasteiger partial charge in [0.2, 0.25) is 0 Å². The molecule has 118 valence electrons. The van der Waals surface area contributed by atoms with E-state index in [1.54, 1.807) is 19.9 Å². The van der Waals surface area contributed by atoms with Gasteiger partial charge in [-0.3, -0.25) is 4.79 Å². The molecule has 1 atom stereocenters. The zero-order valence-corrected chi connectivity index (χ0v) is 15.1. The lowest BCUT2D eigenvalue weighted by Gasteiger charge is -2.15. The summed E-state index contributed by atoms with van der Waals surface area (Å²) in [4.78, 5) is 12.1. The smallest absolute Gasteiger partial charge is 0.261 e. The lowest BCUT2D eigenvalue weighted by atomic mass is 10.1. The molecular formula is C13H17BrClNO4S. The second kappa shape index (κ2) is 7.58. The number of carbonyl (C=O) groups excluding carboxylic acids is 1. The van der Waals surface area contributed by atoms with E-state index in [-0.39, 0.29) is 22.4 Å². The number of rotatable bonds is 6. The first-order valence-corrected chi connectivity index (χ1v) is 9.40. The predicted molar refractivity (Wildman–Crippen MR) is 85.3 cm³/mol. The van der Waals surface area contributed by atoms with E-state index in [1.165, 1.54) is 6.07 Å². The summed E-state index contributed by atoms with van der Waals surface area (Å²) in [6, 6.07) is 2.64. The Labute approximate surface area is 137 Å². The van der Waals surface area contributed by atoms with Crippen molar-refractivity contribution in [2.75, 3.05) is 13.2 Å². The highest BCUT2D eigenvalue weighted by Gasteiger charge is 2.20. The maximum Gasteiger partial charge on any atom is 0.261 e. The molecule has 0 spiro atoms. The largest absolute Gasteiger partial charge is 0.380 e. The Morgan fingerprint density at radius 2 is 2.10 bits per heavy atom. The SMILES string of the molecule is CCOCC(C)NC(=O)c1cc(Br)c(C)c(S(=O)(=O)Cl)c1. The highest BCUT2D eigenvalue weighted by Crippen LogP contribution is 2.28. The third-order valence-electron chi connectivity index (χ3n) is 2.77. The molecule has 1 amide bonds. The number of nitrogens with one attached hydrogen (secondary N) is 1. The first kappa shape index (κ1) is 18.4. The Morgan fingerprint density at radius 3 is 2.62 bits per heavy atom. The van der Waals surface area contributed by atoms with Crippen molar-refractivity contribution in [2.24, 2.45) is 0 Å². The van der Waals surface area contributed by atoms with Gasteiger partial charge in [0, 0.05) is 33.4 Å². The van der Waals surface area contributed by atoms with Gasteiger partial charge in [-0.15, -0.1) is 0 Å². The van der Waals surface area contributed by atoms with Crippen LogP contribution in [-0.2, 0) is 13.8 Å². The molecule has 0 aliphatic carbocycles. The Hall–Kier alpha value is -0.630. The number of hydrogen-bond donors (Lipinski definition) is 1. The lowest BCUT2D eigenvalue weighted by molar-refractivity contribution is 0.0871. The summed E-state index contributed by atoms with van der Waals surface area (Å²) in [7, 11) is 1.47. The Morgan fingerprint density at radius 1 is 1.48 bits per heavy atom. The average Bonchev–Trinajstić information content (AvgIpc) is 2.37. The zero-order chi connectivity index (χ0) is 16.2. The van der Waals surface area contributed by atoms with Crippen LogP contribution in [0.25, 0.3) is 0 Å². The normalized spacial score (nSPS) is 13.0. The number of hydrogen-bond acceptors (Lipinski definition) is 4. The second-order valence-electron chi connectivity index (χ2n) is 4.55. The van der Waals surface area contributed by atoms with E-state index in [2.05, 4.69) is 21.2 Å². The third-order valence-corrected chi connectivity index (χ3v) is 5.04. The molecule has 1 rings (SSSR count). The molecule has 0 aliphatic heterocycles. The summed E-state index contributed by atoms with van der Waals surface area (Å²) in [5.41, 5.74) is 0.680. The summed E-state index contributed by atoms with van der Waals surface area (Å²) in [5, 5.41) is 2.73. The Bertz CT molecular complexity index is 633. The second-order valence-corrected chi connectivity index (χ2v) is 7.94. The quantitative estimate of drug-likeness (QED) is 0.748. The minimum atomic E-state index is -3.92. The van der Waals surface area contributed by atoms with Gasteiger partial charge < -0.3 is 10.1 Å². The van der Waals surface area contributed by atoms with Crippen LogP contribution >= 0.6 is 26.6 Å². The number of amides is 1. The number of ether oxygens (including phenoxy) is 1. The van der Waals surface area contributed by atoms with Crippen LogP contribution in [0.2, 0.25) is 0 Å². The van der Waals surface area contributed by atoms with Gasteiger partial charge in [0.15, 0.2) is 0 Å². The van der Waals surface area contributed by atoms with Gasteiger partial charge in [-0.25, -0.2) is 8.42 Å². The number of carbonyl (C=O) groups is 1. The van der Waals surface area contributed by atoms with Gasteiger partial charge in [-0.2, -0.15) is 0 Å². The molecule has 1 aromatic carbocycles. The van der Waals surface area contributed by atoms with Crippen molar-refractivity contribution in [2.45, 2.75) is 31.7 Å². The summed E-state index contributed by atoms with van der Waals surface area (Å²) in [5.74, 6) is -0.385. The summed E-state index contributed by atoms with van der Waals surface area (Å²) < 4.78 is 28.8. The van der Waals surface area contributed by atoms with Gasteiger partial charge in [-0.05, 0) is 38.5 Å². The molecule has 21 heavy (non-hydrogen) atoms. The van der Waals surface area contributed by atoms with Crippen LogP contribution in [0, 0.1) is 6.92 Å². The highest BCUT2D eigenvalue weighted by atomic mass is 79.9. The summed E-state index contributed by atoms with van der Waals surface area (Å²) in [6.07, 6.45) is 0. The molecule has 0 saturated heterocycles. The summed E-state index contributed by atoms with van der Waals surface area (Å²) >= 11 is 3.24. The van der Waals surface area contributed by atoms with Gasteiger partial charge in [0.25, 0.3) is 15.0 Å². The molecular weight excluding hydrogens is 382 g/mol. The van der Waals surface area contributed by atoms with Crippen molar-refractivity contribution in [3.63, 3.8) is 0 Å². The zero-order valence-electron chi connectivity index (χ0n) is 11.9. The molecule has 0 radical (unpaired) electrons. The van der Waals surface area contributed by atoms with Crippen LogP contribution in [0.15, 0.2) is 21.5 Å². The van der Waals surface area contributed by atoms with E-state index in [0.29, 0.717) is 23.2 Å². The standard InChI is InChI=1S/C13H17BrClNO4S/c1-4-20-7-8(2)16-13(17)10-5-11(14)9(3)12(6-10)21(15,18)19/h5-6,8H,4,7H2,1-3H3,(H,16,17).